The van der Waals surface area contributed by atoms with Crippen LogP contribution >= 0.6 is 0 Å². The molecule has 2 nitrogen and oxygen atoms in total. The normalized spacial score (nSPS) is 25.7. The first kappa shape index (κ1) is 12.0. The Balaban J connectivity index is 2.59. The van der Waals surface area contributed by atoms with Gasteiger partial charge >= 0.3 is 0 Å². The number of likely N-dealkylation sites (tertiary alicyclic amines) is 1. The highest BCUT2D eigenvalue weighted by Gasteiger charge is 2.34. The lowest BCUT2D eigenvalue weighted by atomic mass is 9.80. The molecule has 0 aliphatic carbocycles. The van der Waals surface area contributed by atoms with Gasteiger partial charge in [0.05, 0.1) is 0 Å². The fourth-order valence-corrected chi connectivity index (χ4v) is 2.28. The average molecular weight is 198 g/mol. The van der Waals surface area contributed by atoms with Crippen LogP contribution in [0.25, 0.3) is 0 Å². The van der Waals surface area contributed by atoms with E-state index in [1.807, 2.05) is 0 Å². The van der Waals surface area contributed by atoms with E-state index in [0.717, 1.165) is 5.92 Å². The molecule has 0 aromatic carbocycles. The molecule has 0 aromatic heterocycles. The standard InChI is InChI=1S/C12H26N2/c1-6-14-9-7-8-11(10-14)12(2,3)13(4)5/h11H,6-10H2,1-5H3/t11-/m0/s1. The van der Waals surface area contributed by atoms with Gasteiger partial charge in [-0.15, -0.1) is 0 Å². The molecule has 1 aliphatic rings. The smallest absolute Gasteiger partial charge is 0.0187 e. The van der Waals surface area contributed by atoms with Crippen molar-refractivity contribution in [1.82, 2.24) is 9.80 Å². The molecule has 0 N–H and O–H groups in total. The highest BCUT2D eigenvalue weighted by atomic mass is 15.2. The molecular weight excluding hydrogens is 172 g/mol. The Kier molecular flexibility index (Phi) is 3.96. The summed E-state index contributed by atoms with van der Waals surface area (Å²) in [5.74, 6) is 0.825. The molecule has 1 rings (SSSR count). The molecule has 0 spiro atoms. The summed E-state index contributed by atoms with van der Waals surface area (Å²) in [6, 6.07) is 0. The lowest BCUT2D eigenvalue weighted by Crippen LogP contribution is -2.51. The van der Waals surface area contributed by atoms with Crippen LogP contribution in [0.4, 0.5) is 0 Å². The number of hydrogen-bond acceptors (Lipinski definition) is 2. The number of rotatable bonds is 3. The molecule has 1 atom stereocenters. The zero-order valence-electron chi connectivity index (χ0n) is 10.5. The lowest BCUT2D eigenvalue weighted by molar-refractivity contribution is 0.0534. The van der Waals surface area contributed by atoms with E-state index in [2.05, 4.69) is 44.7 Å². The number of hydrogen-bond donors (Lipinski definition) is 0. The minimum Gasteiger partial charge on any atom is -0.304 e. The fourth-order valence-electron chi connectivity index (χ4n) is 2.28. The average Bonchev–Trinajstić information content (AvgIpc) is 2.17. The van der Waals surface area contributed by atoms with E-state index in [0.29, 0.717) is 5.54 Å². The molecule has 0 unspecified atom stereocenters. The van der Waals surface area contributed by atoms with Crippen LogP contribution in [0.3, 0.4) is 0 Å². The maximum Gasteiger partial charge on any atom is 0.0187 e. The second kappa shape index (κ2) is 4.63. The van der Waals surface area contributed by atoms with E-state index < -0.39 is 0 Å². The monoisotopic (exact) mass is 198 g/mol. The predicted octanol–water partition coefficient (Wildman–Crippen LogP) is 2.06. The van der Waals surface area contributed by atoms with Gasteiger partial charge in [0.1, 0.15) is 0 Å². The zero-order valence-corrected chi connectivity index (χ0v) is 10.5. The summed E-state index contributed by atoms with van der Waals surface area (Å²) in [5, 5.41) is 0. The largest absolute Gasteiger partial charge is 0.304 e. The molecule has 1 heterocycles. The summed E-state index contributed by atoms with van der Waals surface area (Å²) < 4.78 is 0. The molecule has 84 valence electrons. The minimum atomic E-state index is 0.341. The second-order valence-electron chi connectivity index (χ2n) is 5.28. The summed E-state index contributed by atoms with van der Waals surface area (Å²) in [7, 11) is 4.40. The summed E-state index contributed by atoms with van der Waals surface area (Å²) in [4.78, 5) is 4.95. The third-order valence-corrected chi connectivity index (χ3v) is 4.10. The van der Waals surface area contributed by atoms with Crippen LogP contribution < -0.4 is 0 Å². The van der Waals surface area contributed by atoms with Crippen LogP contribution in [0.1, 0.15) is 33.6 Å². The summed E-state index contributed by atoms with van der Waals surface area (Å²) in [6.07, 6.45) is 2.76. The SMILES string of the molecule is CCN1CCC[C@H](C(C)(C)N(C)C)C1. The molecule has 14 heavy (non-hydrogen) atoms. The minimum absolute atomic E-state index is 0.341. The molecule has 0 bridgehead atoms. The van der Waals surface area contributed by atoms with Crippen molar-refractivity contribution in [2.45, 2.75) is 39.2 Å². The zero-order chi connectivity index (χ0) is 10.8. The lowest BCUT2D eigenvalue weighted by Gasteiger charge is -2.45. The van der Waals surface area contributed by atoms with Gasteiger partial charge in [-0.2, -0.15) is 0 Å². The molecule has 0 amide bonds. The molecule has 0 aromatic rings. The van der Waals surface area contributed by atoms with Crippen molar-refractivity contribution < 1.29 is 0 Å². The Labute approximate surface area is 89.3 Å². The van der Waals surface area contributed by atoms with Gasteiger partial charge in [-0.05, 0) is 59.8 Å². The van der Waals surface area contributed by atoms with Crippen LogP contribution in [0.5, 0.6) is 0 Å². The first-order valence-electron chi connectivity index (χ1n) is 5.88. The number of piperidine rings is 1. The van der Waals surface area contributed by atoms with Crippen molar-refractivity contribution in [2.24, 2.45) is 5.92 Å². The quantitative estimate of drug-likeness (QED) is 0.685. The Bertz CT molecular complexity index is 175. The maximum absolute atomic E-state index is 2.58. The maximum atomic E-state index is 2.58. The van der Waals surface area contributed by atoms with Gasteiger partial charge in [-0.3, -0.25) is 0 Å². The van der Waals surface area contributed by atoms with Gasteiger partial charge < -0.3 is 9.80 Å². The molecular formula is C12H26N2. The molecule has 1 aliphatic heterocycles. The van der Waals surface area contributed by atoms with Gasteiger partial charge in [-0.1, -0.05) is 6.92 Å². The van der Waals surface area contributed by atoms with Gasteiger partial charge in [0.15, 0.2) is 0 Å². The van der Waals surface area contributed by atoms with Crippen molar-refractivity contribution >= 4 is 0 Å². The van der Waals surface area contributed by atoms with E-state index in [-0.39, 0.29) is 0 Å². The van der Waals surface area contributed by atoms with E-state index in [4.69, 9.17) is 0 Å². The van der Waals surface area contributed by atoms with Crippen LogP contribution in [-0.2, 0) is 0 Å². The van der Waals surface area contributed by atoms with Gasteiger partial charge in [0.25, 0.3) is 0 Å². The highest BCUT2D eigenvalue weighted by molar-refractivity contribution is 4.89. The third kappa shape index (κ3) is 2.48. The Morgan fingerprint density at radius 1 is 1.36 bits per heavy atom. The molecule has 1 fully saturated rings. The van der Waals surface area contributed by atoms with E-state index >= 15 is 0 Å². The molecule has 0 radical (unpaired) electrons. The first-order chi connectivity index (χ1) is 6.48. The van der Waals surface area contributed by atoms with Crippen molar-refractivity contribution in [3.05, 3.63) is 0 Å². The Hall–Kier alpha value is -0.0800. The second-order valence-corrected chi connectivity index (χ2v) is 5.28. The summed E-state index contributed by atoms with van der Waals surface area (Å²) in [6.45, 7) is 10.8. The van der Waals surface area contributed by atoms with Crippen molar-refractivity contribution in [1.29, 1.82) is 0 Å². The predicted molar refractivity (Wildman–Crippen MR) is 62.6 cm³/mol. The van der Waals surface area contributed by atoms with Crippen molar-refractivity contribution in [3.63, 3.8) is 0 Å². The molecule has 1 saturated heterocycles. The van der Waals surface area contributed by atoms with Crippen LogP contribution in [0.15, 0.2) is 0 Å². The summed E-state index contributed by atoms with van der Waals surface area (Å²) >= 11 is 0. The van der Waals surface area contributed by atoms with Crippen LogP contribution in [0, 0.1) is 5.92 Å². The van der Waals surface area contributed by atoms with Crippen LogP contribution in [-0.4, -0.2) is 49.1 Å². The Morgan fingerprint density at radius 2 is 2.00 bits per heavy atom. The van der Waals surface area contributed by atoms with Gasteiger partial charge in [0.2, 0.25) is 0 Å². The molecule has 2 heteroatoms. The summed E-state index contributed by atoms with van der Waals surface area (Å²) in [5.41, 5.74) is 0.341. The Morgan fingerprint density at radius 3 is 2.50 bits per heavy atom. The van der Waals surface area contributed by atoms with Gasteiger partial charge in [0, 0.05) is 12.1 Å². The van der Waals surface area contributed by atoms with Gasteiger partial charge in [-0.25, -0.2) is 0 Å². The van der Waals surface area contributed by atoms with E-state index in [1.165, 1.54) is 32.5 Å². The fraction of sp³-hybridized carbons (Fsp3) is 1.00. The van der Waals surface area contributed by atoms with Crippen LogP contribution in [0.2, 0.25) is 0 Å². The third-order valence-electron chi connectivity index (χ3n) is 4.10. The topological polar surface area (TPSA) is 6.48 Å². The van der Waals surface area contributed by atoms with Crippen molar-refractivity contribution in [2.75, 3.05) is 33.7 Å². The first-order valence-corrected chi connectivity index (χ1v) is 5.88. The van der Waals surface area contributed by atoms with E-state index in [9.17, 15) is 0 Å². The van der Waals surface area contributed by atoms with Crippen molar-refractivity contribution in [3.8, 4) is 0 Å². The highest BCUT2D eigenvalue weighted by Crippen LogP contribution is 2.30. The number of nitrogens with zero attached hydrogens (tertiary/aromatic N) is 2. The van der Waals surface area contributed by atoms with E-state index in [1.54, 1.807) is 0 Å². The molecule has 0 saturated carbocycles.